The average molecular weight is 424 g/mol. The fourth-order valence-corrected chi connectivity index (χ4v) is 3.44. The van der Waals surface area contributed by atoms with Crippen LogP contribution in [0.1, 0.15) is 16.7 Å². The number of nitrogens with zero attached hydrogens (tertiary/aromatic N) is 3. The standard InChI is InChI=1S/C21H20N4O4S/c1-12-5-6-13(2)18(9-12)24-20(27)16(19(26)22-21(24)30)11-14-10-15(25(28)29)7-8-17(14)23(3)4/h5-11H,1-4H3,(H,22,26,30)/b16-11-. The van der Waals surface area contributed by atoms with Crippen LogP contribution in [0.2, 0.25) is 0 Å². The number of amides is 2. The molecule has 1 heterocycles. The predicted octanol–water partition coefficient (Wildman–Crippen LogP) is 3.11. The number of nitrogens with one attached hydrogen (secondary N) is 1. The number of nitro benzene ring substituents is 1. The van der Waals surface area contributed by atoms with Crippen LogP contribution in [-0.4, -0.2) is 35.9 Å². The second-order valence-electron chi connectivity index (χ2n) is 7.14. The first-order valence-electron chi connectivity index (χ1n) is 9.04. The maximum Gasteiger partial charge on any atom is 0.270 e. The predicted molar refractivity (Wildman–Crippen MR) is 120 cm³/mol. The fraction of sp³-hybridized carbons (Fsp3) is 0.190. The highest BCUT2D eigenvalue weighted by atomic mass is 32.1. The third-order valence-electron chi connectivity index (χ3n) is 4.71. The maximum atomic E-state index is 13.3. The van der Waals surface area contributed by atoms with Gasteiger partial charge in [-0.25, -0.2) is 0 Å². The zero-order chi connectivity index (χ0) is 22.2. The van der Waals surface area contributed by atoms with Gasteiger partial charge < -0.3 is 4.90 Å². The van der Waals surface area contributed by atoms with E-state index in [-0.39, 0.29) is 16.4 Å². The number of hydrogen-bond acceptors (Lipinski definition) is 6. The number of thiocarbonyl (C=S) groups is 1. The average Bonchev–Trinajstić information content (AvgIpc) is 2.67. The van der Waals surface area contributed by atoms with Gasteiger partial charge in [-0.05, 0) is 55.4 Å². The molecular weight excluding hydrogens is 404 g/mol. The second-order valence-corrected chi connectivity index (χ2v) is 7.53. The number of hydrogen-bond donors (Lipinski definition) is 1. The minimum absolute atomic E-state index is 0.0114. The molecule has 0 saturated carbocycles. The van der Waals surface area contributed by atoms with Crippen molar-refractivity contribution in [3.63, 3.8) is 0 Å². The van der Waals surface area contributed by atoms with Gasteiger partial charge in [0.25, 0.3) is 17.5 Å². The Kier molecular flexibility index (Phi) is 5.66. The van der Waals surface area contributed by atoms with E-state index in [1.54, 1.807) is 25.1 Å². The van der Waals surface area contributed by atoms with Gasteiger partial charge in [-0.2, -0.15) is 0 Å². The number of benzene rings is 2. The van der Waals surface area contributed by atoms with Crippen LogP contribution < -0.4 is 15.1 Å². The largest absolute Gasteiger partial charge is 0.377 e. The molecule has 8 nitrogen and oxygen atoms in total. The van der Waals surface area contributed by atoms with Crippen LogP contribution in [0, 0.1) is 24.0 Å². The Labute approximate surface area is 178 Å². The van der Waals surface area contributed by atoms with Gasteiger partial charge in [0.2, 0.25) is 0 Å². The van der Waals surface area contributed by atoms with Crippen LogP contribution in [0.5, 0.6) is 0 Å². The van der Waals surface area contributed by atoms with Gasteiger partial charge in [-0.15, -0.1) is 0 Å². The Balaban J connectivity index is 2.15. The molecule has 0 spiro atoms. The molecule has 1 saturated heterocycles. The van der Waals surface area contributed by atoms with Crippen LogP contribution in [0.15, 0.2) is 42.0 Å². The van der Waals surface area contributed by atoms with E-state index in [1.165, 1.54) is 23.1 Å². The van der Waals surface area contributed by atoms with Gasteiger partial charge in [0.05, 0.1) is 10.6 Å². The lowest BCUT2D eigenvalue weighted by Crippen LogP contribution is -2.54. The van der Waals surface area contributed by atoms with Gasteiger partial charge in [-0.1, -0.05) is 12.1 Å². The SMILES string of the molecule is Cc1ccc(C)c(N2C(=O)/C(=C\c3cc([N+](=O)[O-])ccc3N(C)C)C(=O)NC2=S)c1. The topological polar surface area (TPSA) is 95.8 Å². The number of carbonyl (C=O) groups is 2. The molecular formula is C21H20N4O4S. The highest BCUT2D eigenvalue weighted by molar-refractivity contribution is 7.80. The summed E-state index contributed by atoms with van der Waals surface area (Å²) in [6.45, 7) is 3.73. The van der Waals surface area contributed by atoms with Crippen molar-refractivity contribution in [3.8, 4) is 0 Å². The Hall–Kier alpha value is -3.59. The summed E-state index contributed by atoms with van der Waals surface area (Å²) in [6, 6.07) is 9.87. The molecule has 0 radical (unpaired) electrons. The van der Waals surface area contributed by atoms with Crippen LogP contribution >= 0.6 is 12.2 Å². The van der Waals surface area contributed by atoms with E-state index < -0.39 is 16.7 Å². The van der Waals surface area contributed by atoms with Crippen molar-refractivity contribution < 1.29 is 14.5 Å². The Bertz CT molecular complexity index is 1120. The van der Waals surface area contributed by atoms with Crippen molar-refractivity contribution in [1.82, 2.24) is 5.32 Å². The molecule has 9 heteroatoms. The van der Waals surface area contributed by atoms with Gasteiger partial charge in [0.15, 0.2) is 5.11 Å². The van der Waals surface area contributed by atoms with Gasteiger partial charge in [0, 0.05) is 37.5 Å². The van der Waals surface area contributed by atoms with Gasteiger partial charge in [-0.3, -0.25) is 29.9 Å². The van der Waals surface area contributed by atoms with Crippen LogP contribution in [0.25, 0.3) is 6.08 Å². The summed E-state index contributed by atoms with van der Waals surface area (Å²) in [4.78, 5) is 39.6. The van der Waals surface area contributed by atoms with Crippen LogP contribution in [-0.2, 0) is 9.59 Å². The summed E-state index contributed by atoms with van der Waals surface area (Å²) in [6.07, 6.45) is 1.36. The first kappa shape index (κ1) is 21.1. The molecule has 1 fully saturated rings. The molecule has 1 aliphatic rings. The Morgan fingerprint density at radius 2 is 1.83 bits per heavy atom. The molecule has 2 aromatic rings. The molecule has 30 heavy (non-hydrogen) atoms. The molecule has 3 rings (SSSR count). The van der Waals surface area contributed by atoms with Crippen molar-refractivity contribution in [3.05, 3.63) is 68.8 Å². The van der Waals surface area contributed by atoms with Crippen molar-refractivity contribution in [2.75, 3.05) is 23.9 Å². The molecule has 0 aliphatic carbocycles. The van der Waals surface area contributed by atoms with Crippen molar-refractivity contribution >= 4 is 52.3 Å². The highest BCUT2D eigenvalue weighted by Crippen LogP contribution is 2.30. The van der Waals surface area contributed by atoms with E-state index in [4.69, 9.17) is 12.2 Å². The number of nitro groups is 1. The van der Waals surface area contributed by atoms with Crippen molar-refractivity contribution in [2.24, 2.45) is 0 Å². The smallest absolute Gasteiger partial charge is 0.270 e. The Morgan fingerprint density at radius 1 is 1.13 bits per heavy atom. The van der Waals surface area contributed by atoms with Crippen molar-refractivity contribution in [2.45, 2.75) is 13.8 Å². The monoisotopic (exact) mass is 424 g/mol. The summed E-state index contributed by atoms with van der Waals surface area (Å²) in [5.74, 6) is -1.24. The molecule has 1 aliphatic heterocycles. The minimum Gasteiger partial charge on any atom is -0.377 e. The first-order valence-corrected chi connectivity index (χ1v) is 9.45. The molecule has 0 atom stereocenters. The van der Waals surface area contributed by atoms with E-state index in [0.29, 0.717) is 16.9 Å². The van der Waals surface area contributed by atoms with Gasteiger partial charge >= 0.3 is 0 Å². The number of carbonyl (C=O) groups excluding carboxylic acids is 2. The maximum absolute atomic E-state index is 13.3. The molecule has 0 unspecified atom stereocenters. The summed E-state index contributed by atoms with van der Waals surface area (Å²) in [5.41, 5.74) is 3.02. The van der Waals surface area contributed by atoms with Crippen LogP contribution in [0.3, 0.4) is 0 Å². The quantitative estimate of drug-likeness (QED) is 0.266. The fourth-order valence-electron chi connectivity index (χ4n) is 3.17. The minimum atomic E-state index is -0.650. The summed E-state index contributed by atoms with van der Waals surface area (Å²) in [5, 5.41) is 13.7. The van der Waals surface area contributed by atoms with E-state index in [2.05, 4.69) is 5.32 Å². The molecule has 1 N–H and O–H groups in total. The lowest BCUT2D eigenvalue weighted by atomic mass is 10.0. The third-order valence-corrected chi connectivity index (χ3v) is 5.00. The zero-order valence-corrected chi connectivity index (χ0v) is 17.7. The molecule has 0 aromatic heterocycles. The number of aryl methyl sites for hydroxylation is 2. The lowest BCUT2D eigenvalue weighted by molar-refractivity contribution is -0.384. The molecule has 2 aromatic carbocycles. The molecule has 0 bridgehead atoms. The summed E-state index contributed by atoms with van der Waals surface area (Å²) >= 11 is 5.25. The number of anilines is 2. The third kappa shape index (κ3) is 3.92. The summed E-state index contributed by atoms with van der Waals surface area (Å²) in [7, 11) is 3.53. The normalized spacial score (nSPS) is 15.4. The second kappa shape index (κ2) is 8.03. The van der Waals surface area contributed by atoms with E-state index in [9.17, 15) is 19.7 Å². The number of non-ortho nitro benzene ring substituents is 1. The molecule has 2 amide bonds. The van der Waals surface area contributed by atoms with E-state index in [0.717, 1.165) is 11.1 Å². The lowest BCUT2D eigenvalue weighted by Gasteiger charge is -2.30. The Morgan fingerprint density at radius 3 is 2.47 bits per heavy atom. The van der Waals surface area contributed by atoms with Gasteiger partial charge in [0.1, 0.15) is 5.57 Å². The van der Waals surface area contributed by atoms with Crippen LogP contribution in [0.4, 0.5) is 17.1 Å². The molecule has 154 valence electrons. The number of rotatable bonds is 4. The first-order chi connectivity index (χ1) is 14.1. The van der Waals surface area contributed by atoms with Crippen molar-refractivity contribution in [1.29, 1.82) is 0 Å². The zero-order valence-electron chi connectivity index (χ0n) is 16.9. The highest BCUT2D eigenvalue weighted by Gasteiger charge is 2.35. The summed E-state index contributed by atoms with van der Waals surface area (Å²) < 4.78 is 0. The van der Waals surface area contributed by atoms with E-state index in [1.807, 2.05) is 32.0 Å². The van der Waals surface area contributed by atoms with E-state index >= 15 is 0 Å².